The van der Waals surface area contributed by atoms with E-state index in [2.05, 4.69) is 14.9 Å². The average Bonchev–Trinajstić information content (AvgIpc) is 2.53. The summed E-state index contributed by atoms with van der Waals surface area (Å²) in [5, 5.41) is 2.50. The molecule has 0 bridgehead atoms. The van der Waals surface area contributed by atoms with Gasteiger partial charge in [-0.05, 0) is 50.7 Å². The highest BCUT2D eigenvalue weighted by atomic mass is 32.2. The second-order valence-corrected chi connectivity index (χ2v) is 7.35. The van der Waals surface area contributed by atoms with Crippen LogP contribution in [0.15, 0.2) is 29.2 Å². The Balaban J connectivity index is 2.02. The summed E-state index contributed by atoms with van der Waals surface area (Å²) in [6, 6.07) is 6.18. The molecular weight excluding hydrogens is 302 g/mol. The number of hydrogen-bond donors (Lipinski definition) is 2. The minimum atomic E-state index is -3.54. The van der Waals surface area contributed by atoms with Crippen molar-refractivity contribution in [2.45, 2.75) is 30.2 Å². The Bertz CT molecular complexity index is 613. The molecule has 1 fully saturated rings. The number of sulfonamides is 1. The van der Waals surface area contributed by atoms with Gasteiger partial charge in [-0.15, -0.1) is 0 Å². The third kappa shape index (κ3) is 4.06. The lowest BCUT2D eigenvalue weighted by Gasteiger charge is -2.32. The summed E-state index contributed by atoms with van der Waals surface area (Å²) in [7, 11) is 0.0204. The van der Waals surface area contributed by atoms with E-state index in [0.29, 0.717) is 12.1 Å². The molecule has 2 rings (SSSR count). The molecule has 6 nitrogen and oxygen atoms in total. The van der Waals surface area contributed by atoms with Gasteiger partial charge in [0.25, 0.3) is 5.91 Å². The van der Waals surface area contributed by atoms with Crippen LogP contribution in [0.4, 0.5) is 0 Å². The quantitative estimate of drug-likeness (QED) is 0.840. The van der Waals surface area contributed by atoms with Crippen LogP contribution in [-0.2, 0) is 10.0 Å². The van der Waals surface area contributed by atoms with Crippen molar-refractivity contribution in [3.63, 3.8) is 0 Å². The van der Waals surface area contributed by atoms with Gasteiger partial charge in [0.1, 0.15) is 0 Å². The second-order valence-electron chi connectivity index (χ2n) is 5.59. The van der Waals surface area contributed by atoms with Crippen molar-refractivity contribution in [1.29, 1.82) is 0 Å². The molecule has 1 aromatic carbocycles. The molecule has 7 heteroatoms. The number of amides is 1. The van der Waals surface area contributed by atoms with Crippen LogP contribution in [0.1, 0.15) is 29.6 Å². The number of likely N-dealkylation sites (tertiary alicyclic amines) is 1. The van der Waals surface area contributed by atoms with Gasteiger partial charge in [0.05, 0.1) is 4.90 Å². The number of benzene rings is 1. The average molecular weight is 325 g/mol. The molecule has 2 N–H and O–H groups in total. The van der Waals surface area contributed by atoms with Crippen LogP contribution in [0, 0.1) is 0 Å². The smallest absolute Gasteiger partial charge is 0.251 e. The standard InChI is InChI=1S/C15H23N3O3S/c1-16-15(19)12-6-8-14(9-7-12)22(20,21)17-11-13-5-3-4-10-18(13)2/h6-9,13,17H,3-5,10-11H2,1-2H3,(H,16,19). The monoisotopic (exact) mass is 325 g/mol. The van der Waals surface area contributed by atoms with Crippen LogP contribution in [0.2, 0.25) is 0 Å². The van der Waals surface area contributed by atoms with Crippen molar-refractivity contribution < 1.29 is 13.2 Å². The Morgan fingerprint density at radius 1 is 1.27 bits per heavy atom. The lowest BCUT2D eigenvalue weighted by atomic mass is 10.0. The predicted molar refractivity (Wildman–Crippen MR) is 85.3 cm³/mol. The lowest BCUT2D eigenvalue weighted by Crippen LogP contribution is -2.44. The summed E-state index contributed by atoms with van der Waals surface area (Å²) in [6.07, 6.45) is 3.31. The normalized spacial score (nSPS) is 19.8. The van der Waals surface area contributed by atoms with E-state index in [4.69, 9.17) is 0 Å². The number of carbonyl (C=O) groups is 1. The Hall–Kier alpha value is -1.44. The maximum absolute atomic E-state index is 12.3. The first-order valence-corrected chi connectivity index (χ1v) is 8.94. The minimum Gasteiger partial charge on any atom is -0.355 e. The van der Waals surface area contributed by atoms with E-state index >= 15 is 0 Å². The van der Waals surface area contributed by atoms with Gasteiger partial charge in [-0.2, -0.15) is 0 Å². The maximum atomic E-state index is 12.3. The minimum absolute atomic E-state index is 0.179. The van der Waals surface area contributed by atoms with E-state index in [-0.39, 0.29) is 16.8 Å². The highest BCUT2D eigenvalue weighted by Crippen LogP contribution is 2.16. The van der Waals surface area contributed by atoms with Crippen molar-refractivity contribution in [1.82, 2.24) is 14.9 Å². The zero-order valence-electron chi connectivity index (χ0n) is 13.0. The fraction of sp³-hybridized carbons (Fsp3) is 0.533. The molecule has 122 valence electrons. The van der Waals surface area contributed by atoms with E-state index in [0.717, 1.165) is 19.4 Å². The molecule has 1 aromatic rings. The first kappa shape index (κ1) is 16.9. The van der Waals surface area contributed by atoms with E-state index in [1.165, 1.54) is 37.7 Å². The summed E-state index contributed by atoms with van der Waals surface area (Å²) >= 11 is 0. The molecule has 1 aliphatic rings. The molecule has 1 heterocycles. The molecule has 0 aliphatic carbocycles. The number of likely N-dealkylation sites (N-methyl/N-ethyl adjacent to an activating group) is 1. The van der Waals surface area contributed by atoms with E-state index in [9.17, 15) is 13.2 Å². The summed E-state index contributed by atoms with van der Waals surface area (Å²) in [5.41, 5.74) is 0.438. The van der Waals surface area contributed by atoms with Crippen LogP contribution in [0.3, 0.4) is 0 Å². The molecule has 0 radical (unpaired) electrons. The number of piperidine rings is 1. The zero-order chi connectivity index (χ0) is 16.2. The van der Waals surface area contributed by atoms with Gasteiger partial charge in [-0.25, -0.2) is 13.1 Å². The van der Waals surface area contributed by atoms with E-state index < -0.39 is 10.0 Å². The molecule has 22 heavy (non-hydrogen) atoms. The van der Waals surface area contributed by atoms with Crippen molar-refractivity contribution in [2.75, 3.05) is 27.2 Å². The molecule has 0 saturated carbocycles. The number of rotatable bonds is 5. The molecule has 1 amide bonds. The third-order valence-corrected chi connectivity index (χ3v) is 5.52. The van der Waals surface area contributed by atoms with Gasteiger partial charge in [-0.3, -0.25) is 4.79 Å². The summed E-state index contributed by atoms with van der Waals surface area (Å²) in [6.45, 7) is 1.42. The Morgan fingerprint density at radius 3 is 2.55 bits per heavy atom. The fourth-order valence-corrected chi connectivity index (χ4v) is 3.69. The predicted octanol–water partition coefficient (Wildman–Crippen LogP) is 0.809. The van der Waals surface area contributed by atoms with Crippen molar-refractivity contribution >= 4 is 15.9 Å². The van der Waals surface area contributed by atoms with Crippen LogP contribution in [0.5, 0.6) is 0 Å². The lowest BCUT2D eigenvalue weighted by molar-refractivity contribution is 0.0963. The number of carbonyl (C=O) groups excluding carboxylic acids is 1. The molecule has 0 aromatic heterocycles. The Labute approximate surface area is 131 Å². The molecule has 1 aliphatic heterocycles. The van der Waals surface area contributed by atoms with Crippen LogP contribution in [-0.4, -0.2) is 52.5 Å². The SMILES string of the molecule is CNC(=O)c1ccc(S(=O)(=O)NCC2CCCCN2C)cc1. The number of nitrogens with zero attached hydrogens (tertiary/aromatic N) is 1. The van der Waals surface area contributed by atoms with E-state index in [1.54, 1.807) is 0 Å². The maximum Gasteiger partial charge on any atom is 0.251 e. The van der Waals surface area contributed by atoms with Crippen molar-refractivity contribution in [3.8, 4) is 0 Å². The third-order valence-electron chi connectivity index (χ3n) is 4.08. The highest BCUT2D eigenvalue weighted by Gasteiger charge is 2.22. The Morgan fingerprint density at radius 2 is 1.95 bits per heavy atom. The van der Waals surface area contributed by atoms with E-state index in [1.807, 2.05) is 7.05 Å². The van der Waals surface area contributed by atoms with Gasteiger partial charge in [0, 0.05) is 25.2 Å². The summed E-state index contributed by atoms with van der Waals surface area (Å²) in [5.74, 6) is -0.235. The molecular formula is C15H23N3O3S. The molecule has 0 spiro atoms. The number of nitrogens with one attached hydrogen (secondary N) is 2. The first-order valence-electron chi connectivity index (χ1n) is 7.46. The topological polar surface area (TPSA) is 78.5 Å². The van der Waals surface area contributed by atoms with Crippen molar-refractivity contribution in [2.24, 2.45) is 0 Å². The largest absolute Gasteiger partial charge is 0.355 e. The second kappa shape index (κ2) is 7.21. The van der Waals surface area contributed by atoms with Gasteiger partial charge < -0.3 is 10.2 Å². The van der Waals surface area contributed by atoms with Crippen LogP contribution in [0.25, 0.3) is 0 Å². The fourth-order valence-electron chi connectivity index (χ4n) is 2.62. The highest BCUT2D eigenvalue weighted by molar-refractivity contribution is 7.89. The van der Waals surface area contributed by atoms with Gasteiger partial charge in [0.15, 0.2) is 0 Å². The molecule has 1 atom stereocenters. The molecule has 1 unspecified atom stereocenters. The zero-order valence-corrected chi connectivity index (χ0v) is 13.8. The van der Waals surface area contributed by atoms with Gasteiger partial charge in [0.2, 0.25) is 10.0 Å². The number of hydrogen-bond acceptors (Lipinski definition) is 4. The van der Waals surface area contributed by atoms with Crippen LogP contribution >= 0.6 is 0 Å². The molecule has 1 saturated heterocycles. The van der Waals surface area contributed by atoms with Gasteiger partial charge in [-0.1, -0.05) is 6.42 Å². The van der Waals surface area contributed by atoms with Crippen molar-refractivity contribution in [3.05, 3.63) is 29.8 Å². The summed E-state index contributed by atoms with van der Waals surface area (Å²) in [4.78, 5) is 13.8. The van der Waals surface area contributed by atoms with Crippen LogP contribution < -0.4 is 10.0 Å². The summed E-state index contributed by atoms with van der Waals surface area (Å²) < 4.78 is 27.3. The Kier molecular flexibility index (Phi) is 5.55. The van der Waals surface area contributed by atoms with Gasteiger partial charge >= 0.3 is 0 Å². The first-order chi connectivity index (χ1) is 10.4.